The van der Waals surface area contributed by atoms with Crippen molar-refractivity contribution in [3.8, 4) is 5.69 Å². The molecule has 0 aliphatic heterocycles. The first kappa shape index (κ1) is 14.2. The summed E-state index contributed by atoms with van der Waals surface area (Å²) in [6.45, 7) is 1.49. The molecule has 0 atom stereocenters. The van der Waals surface area contributed by atoms with E-state index in [0.29, 0.717) is 22.0 Å². The van der Waals surface area contributed by atoms with E-state index in [1.54, 1.807) is 6.07 Å². The molecule has 0 aliphatic carbocycles. The van der Waals surface area contributed by atoms with Gasteiger partial charge < -0.3 is 0 Å². The van der Waals surface area contributed by atoms with Gasteiger partial charge in [0.25, 0.3) is 0 Å². The number of pyridine rings is 1. The maximum Gasteiger partial charge on any atom is 0.164 e. The van der Waals surface area contributed by atoms with Gasteiger partial charge in [-0.1, -0.05) is 11.6 Å². The van der Waals surface area contributed by atoms with E-state index in [9.17, 15) is 8.78 Å². The molecule has 3 rings (SSSR count). The summed E-state index contributed by atoms with van der Waals surface area (Å²) in [6.07, 6.45) is 1.42. The van der Waals surface area contributed by atoms with E-state index in [4.69, 9.17) is 23.2 Å². The Bertz CT molecular complexity index is 846. The van der Waals surface area contributed by atoms with Crippen LogP contribution in [-0.2, 0) is 5.88 Å². The average Bonchev–Trinajstić information content (AvgIpc) is 2.80. The molecule has 1 aromatic carbocycles. The summed E-state index contributed by atoms with van der Waals surface area (Å²) in [5.74, 6) is -0.689. The lowest BCUT2D eigenvalue weighted by Crippen LogP contribution is -2.04. The molecule has 0 spiro atoms. The van der Waals surface area contributed by atoms with Crippen molar-refractivity contribution in [2.45, 2.75) is 12.8 Å². The van der Waals surface area contributed by atoms with Gasteiger partial charge in [0.2, 0.25) is 0 Å². The Labute approximate surface area is 129 Å². The predicted octanol–water partition coefficient (Wildman–Crippen LogP) is 4.40. The third kappa shape index (κ3) is 2.36. The van der Waals surface area contributed by atoms with Crippen molar-refractivity contribution >= 4 is 34.4 Å². The van der Waals surface area contributed by atoms with E-state index in [-0.39, 0.29) is 17.1 Å². The summed E-state index contributed by atoms with van der Waals surface area (Å²) in [5.41, 5.74) is 1.09. The van der Waals surface area contributed by atoms with E-state index >= 15 is 0 Å². The molecule has 2 heterocycles. The number of rotatable bonds is 2. The monoisotopic (exact) mass is 327 g/mol. The van der Waals surface area contributed by atoms with Gasteiger partial charge in [0, 0.05) is 12.3 Å². The molecule has 7 heteroatoms. The topological polar surface area (TPSA) is 30.7 Å². The Hall–Kier alpha value is -1.72. The quantitative estimate of drug-likeness (QED) is 0.653. The first-order valence-corrected chi connectivity index (χ1v) is 6.97. The lowest BCUT2D eigenvalue weighted by Gasteiger charge is -2.09. The number of hydrogen-bond acceptors (Lipinski definition) is 2. The lowest BCUT2D eigenvalue weighted by atomic mass is 10.2. The van der Waals surface area contributed by atoms with Crippen LogP contribution in [0.2, 0.25) is 5.02 Å². The maximum atomic E-state index is 14.2. The fourth-order valence-corrected chi connectivity index (χ4v) is 2.47. The Morgan fingerprint density at radius 1 is 1.19 bits per heavy atom. The van der Waals surface area contributed by atoms with Crippen LogP contribution in [0.1, 0.15) is 11.4 Å². The van der Waals surface area contributed by atoms with Crippen molar-refractivity contribution < 1.29 is 8.78 Å². The Morgan fingerprint density at radius 3 is 2.67 bits per heavy atom. The second kappa shape index (κ2) is 5.24. The number of alkyl halides is 1. The Morgan fingerprint density at radius 2 is 1.95 bits per heavy atom. The minimum Gasteiger partial charge on any atom is -0.277 e. The van der Waals surface area contributed by atoms with Crippen LogP contribution in [0.25, 0.3) is 16.9 Å². The molecule has 0 bridgehead atoms. The molecule has 0 amide bonds. The largest absolute Gasteiger partial charge is 0.277 e. The highest BCUT2D eigenvalue weighted by Crippen LogP contribution is 2.26. The number of benzene rings is 1. The van der Waals surface area contributed by atoms with Crippen LogP contribution in [0, 0.1) is 18.6 Å². The number of aromatic nitrogens is 3. The molecule has 3 aromatic rings. The molecule has 3 nitrogen and oxygen atoms in total. The highest BCUT2D eigenvalue weighted by Gasteiger charge is 2.17. The zero-order valence-electron chi connectivity index (χ0n) is 10.9. The summed E-state index contributed by atoms with van der Waals surface area (Å²) >= 11 is 11.7. The van der Waals surface area contributed by atoms with Crippen molar-refractivity contribution in [1.82, 2.24) is 14.5 Å². The van der Waals surface area contributed by atoms with E-state index in [2.05, 4.69) is 9.97 Å². The van der Waals surface area contributed by atoms with Gasteiger partial charge >= 0.3 is 0 Å². The first-order chi connectivity index (χ1) is 10.0. The van der Waals surface area contributed by atoms with Crippen LogP contribution < -0.4 is 0 Å². The second-order valence-corrected chi connectivity index (χ2v) is 5.25. The highest BCUT2D eigenvalue weighted by molar-refractivity contribution is 6.31. The molecular formula is C14H9Cl2F2N3. The first-order valence-electron chi connectivity index (χ1n) is 6.06. The highest BCUT2D eigenvalue weighted by atomic mass is 35.5. The molecule has 0 saturated carbocycles. The van der Waals surface area contributed by atoms with E-state index in [1.165, 1.54) is 17.7 Å². The third-order valence-corrected chi connectivity index (χ3v) is 3.57. The number of fused-ring (bicyclic) bond motifs is 1. The van der Waals surface area contributed by atoms with Gasteiger partial charge in [-0.05, 0) is 24.6 Å². The van der Waals surface area contributed by atoms with Crippen LogP contribution in [0.15, 0.2) is 24.4 Å². The van der Waals surface area contributed by atoms with Gasteiger partial charge in [0.1, 0.15) is 23.0 Å². The Balaban J connectivity index is 2.36. The molecule has 0 saturated heterocycles. The van der Waals surface area contributed by atoms with E-state index in [0.717, 1.165) is 12.1 Å². The fraction of sp³-hybridized carbons (Fsp3) is 0.143. The van der Waals surface area contributed by atoms with E-state index in [1.807, 2.05) is 0 Å². The van der Waals surface area contributed by atoms with Crippen molar-refractivity contribution in [3.63, 3.8) is 0 Å². The summed E-state index contributed by atoms with van der Waals surface area (Å²) in [5, 5.41) is 0.406. The SMILES string of the molecule is Cc1cc(F)c(-n2c(CCl)nc3cc(Cl)cnc32)cc1F. The number of imidazole rings is 1. The zero-order valence-corrected chi connectivity index (χ0v) is 12.4. The van der Waals surface area contributed by atoms with Crippen LogP contribution in [-0.4, -0.2) is 14.5 Å². The molecule has 2 aromatic heterocycles. The molecule has 0 N–H and O–H groups in total. The van der Waals surface area contributed by atoms with Crippen molar-refractivity contribution in [2.24, 2.45) is 0 Å². The minimum absolute atomic E-state index is 0.0195. The van der Waals surface area contributed by atoms with Crippen LogP contribution in [0.5, 0.6) is 0 Å². The van der Waals surface area contributed by atoms with Crippen LogP contribution in [0.4, 0.5) is 8.78 Å². The summed E-state index contributed by atoms with van der Waals surface area (Å²) in [6, 6.07) is 3.83. The van der Waals surface area contributed by atoms with Crippen molar-refractivity contribution in [2.75, 3.05) is 0 Å². The summed E-state index contributed by atoms with van der Waals surface area (Å²) < 4.78 is 29.4. The van der Waals surface area contributed by atoms with Crippen LogP contribution in [0.3, 0.4) is 0 Å². The molecule has 0 unspecified atom stereocenters. The Kier molecular flexibility index (Phi) is 3.55. The standard InChI is InChI=1S/C14H9Cl2F2N3/c1-7-2-10(18)12(4-9(7)17)21-13(5-15)20-11-3-8(16)6-19-14(11)21/h2-4,6H,5H2,1H3. The number of halogens is 4. The second-order valence-electron chi connectivity index (χ2n) is 4.55. The smallest absolute Gasteiger partial charge is 0.164 e. The predicted molar refractivity (Wildman–Crippen MR) is 78.1 cm³/mol. The van der Waals surface area contributed by atoms with Crippen LogP contribution >= 0.6 is 23.2 Å². The number of hydrogen-bond donors (Lipinski definition) is 0. The molecule has 108 valence electrons. The van der Waals surface area contributed by atoms with Gasteiger partial charge in [-0.25, -0.2) is 18.7 Å². The molecule has 21 heavy (non-hydrogen) atoms. The maximum absolute atomic E-state index is 14.2. The fourth-order valence-electron chi connectivity index (χ4n) is 2.14. The molecule has 0 fully saturated rings. The van der Waals surface area contributed by atoms with Gasteiger partial charge in [-0.3, -0.25) is 4.57 Å². The third-order valence-electron chi connectivity index (χ3n) is 3.12. The van der Waals surface area contributed by atoms with Gasteiger partial charge in [-0.15, -0.1) is 11.6 Å². The van der Waals surface area contributed by atoms with Gasteiger partial charge in [-0.2, -0.15) is 0 Å². The normalized spacial score (nSPS) is 11.3. The van der Waals surface area contributed by atoms with Gasteiger partial charge in [0.05, 0.1) is 16.6 Å². The average molecular weight is 328 g/mol. The van der Waals surface area contributed by atoms with Gasteiger partial charge in [0.15, 0.2) is 5.65 Å². The van der Waals surface area contributed by atoms with E-state index < -0.39 is 11.6 Å². The lowest BCUT2D eigenvalue weighted by molar-refractivity contribution is 0.585. The zero-order chi connectivity index (χ0) is 15.1. The number of nitrogens with zero attached hydrogens (tertiary/aromatic N) is 3. The number of aryl methyl sites for hydroxylation is 1. The molecular weight excluding hydrogens is 319 g/mol. The molecule has 0 radical (unpaired) electrons. The van der Waals surface area contributed by atoms with Crippen molar-refractivity contribution in [1.29, 1.82) is 0 Å². The summed E-state index contributed by atoms with van der Waals surface area (Å²) in [7, 11) is 0. The minimum atomic E-state index is -0.573. The van der Waals surface area contributed by atoms with Crippen molar-refractivity contribution in [3.05, 3.63) is 52.4 Å². The summed E-state index contributed by atoms with van der Waals surface area (Å²) in [4.78, 5) is 8.40. The molecule has 0 aliphatic rings.